The molecule has 2 rings (SSSR count). The van der Waals surface area contributed by atoms with E-state index in [1.54, 1.807) is 0 Å². The van der Waals surface area contributed by atoms with Crippen molar-refractivity contribution in [2.75, 3.05) is 21.2 Å². The van der Waals surface area contributed by atoms with Crippen LogP contribution in [0.5, 0.6) is 0 Å². The minimum Gasteiger partial charge on any atom is -0.469 e. The van der Waals surface area contributed by atoms with Gasteiger partial charge in [-0.15, -0.1) is 0 Å². The maximum atomic E-state index is 11.5. The van der Waals surface area contributed by atoms with Gasteiger partial charge in [-0.25, -0.2) is 0 Å². The lowest BCUT2D eigenvalue weighted by Gasteiger charge is -2.26. The number of rotatable bonds is 4. The Balaban J connectivity index is 2.24. The number of methoxy groups -OCH3 is 1. The Morgan fingerprint density at radius 1 is 1.26 bits per heavy atom. The molecule has 0 bridgehead atoms. The second-order valence-corrected chi connectivity index (χ2v) is 5.49. The molecule has 0 aliphatic heterocycles. The first-order chi connectivity index (χ1) is 9.11. The second-order valence-electron chi connectivity index (χ2n) is 5.49. The summed E-state index contributed by atoms with van der Waals surface area (Å²) in [6.07, 6.45) is 5.34. The number of benzene rings is 1. The van der Waals surface area contributed by atoms with Crippen LogP contribution in [-0.2, 0) is 22.4 Å². The average Bonchev–Trinajstić information content (AvgIpc) is 2.43. The highest BCUT2D eigenvalue weighted by Gasteiger charge is 2.20. The minimum atomic E-state index is -0.156. The molecule has 1 aliphatic rings. The molecule has 1 unspecified atom stereocenters. The maximum Gasteiger partial charge on any atom is 0.307 e. The van der Waals surface area contributed by atoms with Gasteiger partial charge in [0.1, 0.15) is 0 Å². The molecule has 1 atom stereocenters. The van der Waals surface area contributed by atoms with Gasteiger partial charge in [-0.2, -0.15) is 0 Å². The van der Waals surface area contributed by atoms with Crippen molar-refractivity contribution in [3.63, 3.8) is 0 Å². The van der Waals surface area contributed by atoms with Crippen LogP contribution in [0.25, 0.3) is 0 Å². The molecule has 0 N–H and O–H groups in total. The molecular formula is C16H23NO2. The number of carbonyl (C=O) groups is 1. The lowest BCUT2D eigenvalue weighted by molar-refractivity contribution is -0.141. The van der Waals surface area contributed by atoms with Gasteiger partial charge in [0, 0.05) is 6.04 Å². The fraction of sp³-hybridized carbons (Fsp3) is 0.562. The van der Waals surface area contributed by atoms with E-state index in [9.17, 15) is 4.79 Å². The van der Waals surface area contributed by atoms with Gasteiger partial charge in [0.05, 0.1) is 13.5 Å². The lowest BCUT2D eigenvalue weighted by Crippen LogP contribution is -2.23. The second kappa shape index (κ2) is 6.20. The van der Waals surface area contributed by atoms with Crippen LogP contribution in [0.15, 0.2) is 18.2 Å². The van der Waals surface area contributed by atoms with Crippen molar-refractivity contribution in [3.8, 4) is 0 Å². The molecule has 0 amide bonds. The molecule has 3 heteroatoms. The van der Waals surface area contributed by atoms with Gasteiger partial charge in [0.2, 0.25) is 0 Å². The van der Waals surface area contributed by atoms with E-state index in [-0.39, 0.29) is 12.0 Å². The summed E-state index contributed by atoms with van der Waals surface area (Å²) in [6.45, 7) is 0. The van der Waals surface area contributed by atoms with E-state index in [1.165, 1.54) is 49.5 Å². The van der Waals surface area contributed by atoms with Crippen LogP contribution >= 0.6 is 0 Å². The Labute approximate surface area is 115 Å². The quantitative estimate of drug-likeness (QED) is 0.781. The zero-order valence-electron chi connectivity index (χ0n) is 12.1. The molecule has 1 aromatic carbocycles. The van der Waals surface area contributed by atoms with Crippen LogP contribution in [0.2, 0.25) is 0 Å². The third-order valence-electron chi connectivity index (χ3n) is 3.97. The van der Waals surface area contributed by atoms with E-state index in [0.717, 1.165) is 0 Å². The Kier molecular flexibility index (Phi) is 4.59. The predicted octanol–water partition coefficient (Wildman–Crippen LogP) is 2.73. The van der Waals surface area contributed by atoms with Gasteiger partial charge in [0.25, 0.3) is 0 Å². The molecule has 0 spiro atoms. The van der Waals surface area contributed by atoms with Crippen molar-refractivity contribution in [1.29, 1.82) is 0 Å². The smallest absolute Gasteiger partial charge is 0.307 e. The van der Waals surface area contributed by atoms with Crippen LogP contribution in [0.3, 0.4) is 0 Å². The third-order valence-corrected chi connectivity index (χ3v) is 3.97. The van der Waals surface area contributed by atoms with Crippen molar-refractivity contribution in [3.05, 3.63) is 34.9 Å². The summed E-state index contributed by atoms with van der Waals surface area (Å²) in [6, 6.07) is 6.77. The van der Waals surface area contributed by atoms with Crippen molar-refractivity contribution in [2.45, 2.75) is 38.1 Å². The first kappa shape index (κ1) is 14.1. The Morgan fingerprint density at radius 3 is 2.58 bits per heavy atom. The van der Waals surface area contributed by atoms with Gasteiger partial charge in [-0.1, -0.05) is 18.2 Å². The molecule has 0 heterocycles. The summed E-state index contributed by atoms with van der Waals surface area (Å²) in [4.78, 5) is 13.6. The van der Waals surface area contributed by atoms with Gasteiger partial charge in [-0.05, 0) is 56.5 Å². The summed E-state index contributed by atoms with van der Waals surface area (Å²) >= 11 is 0. The molecule has 104 valence electrons. The fourth-order valence-corrected chi connectivity index (χ4v) is 2.80. The molecule has 19 heavy (non-hydrogen) atoms. The third kappa shape index (κ3) is 3.35. The summed E-state index contributed by atoms with van der Waals surface area (Å²) in [5, 5.41) is 0. The first-order valence-electron chi connectivity index (χ1n) is 6.96. The number of hydrogen-bond acceptors (Lipinski definition) is 3. The topological polar surface area (TPSA) is 29.5 Å². The molecule has 0 fully saturated rings. The monoisotopic (exact) mass is 261 g/mol. The normalized spacial score (nSPS) is 16.0. The van der Waals surface area contributed by atoms with E-state index in [2.05, 4.69) is 23.1 Å². The Hall–Kier alpha value is -1.35. The van der Waals surface area contributed by atoms with Crippen LogP contribution in [-0.4, -0.2) is 32.1 Å². The van der Waals surface area contributed by atoms with Crippen molar-refractivity contribution in [2.24, 2.45) is 0 Å². The number of aryl methyl sites for hydroxylation is 2. The summed E-state index contributed by atoms with van der Waals surface area (Å²) < 4.78 is 4.80. The van der Waals surface area contributed by atoms with Gasteiger partial charge in [0.15, 0.2) is 0 Å². The molecule has 1 aromatic rings. The number of hydrogen-bond donors (Lipinski definition) is 0. The van der Waals surface area contributed by atoms with E-state index < -0.39 is 0 Å². The summed E-state index contributed by atoms with van der Waals surface area (Å²) in [7, 11) is 5.46. The van der Waals surface area contributed by atoms with Crippen LogP contribution in [0, 0.1) is 0 Å². The van der Waals surface area contributed by atoms with Gasteiger partial charge >= 0.3 is 5.97 Å². The zero-order chi connectivity index (χ0) is 13.8. The Bertz CT molecular complexity index is 454. The number of nitrogens with zero attached hydrogens (tertiary/aromatic N) is 1. The largest absolute Gasteiger partial charge is 0.469 e. The molecular weight excluding hydrogens is 238 g/mol. The standard InChI is InChI=1S/C16H23NO2/c1-17(2)15(11-16(18)19-3)14-9-8-12-6-4-5-7-13(12)10-14/h8-10,15H,4-7,11H2,1-3H3. The van der Waals surface area contributed by atoms with E-state index in [0.29, 0.717) is 6.42 Å². The number of carbonyl (C=O) groups excluding carboxylic acids is 1. The van der Waals surface area contributed by atoms with Crippen LogP contribution < -0.4 is 0 Å². The SMILES string of the molecule is COC(=O)CC(c1ccc2c(c1)CCCC2)N(C)C. The van der Waals surface area contributed by atoms with Crippen molar-refractivity contribution >= 4 is 5.97 Å². The minimum absolute atomic E-state index is 0.0969. The molecule has 3 nitrogen and oxygen atoms in total. The number of fused-ring (bicyclic) bond motifs is 1. The van der Waals surface area contributed by atoms with Crippen molar-refractivity contribution in [1.82, 2.24) is 4.90 Å². The van der Waals surface area contributed by atoms with E-state index in [1.807, 2.05) is 14.1 Å². The maximum absolute atomic E-state index is 11.5. The first-order valence-corrected chi connectivity index (χ1v) is 6.96. The van der Waals surface area contributed by atoms with E-state index in [4.69, 9.17) is 4.74 Å². The predicted molar refractivity (Wildman–Crippen MR) is 76.1 cm³/mol. The van der Waals surface area contributed by atoms with Crippen molar-refractivity contribution < 1.29 is 9.53 Å². The zero-order valence-corrected chi connectivity index (χ0v) is 12.1. The molecule has 0 radical (unpaired) electrons. The number of ether oxygens (including phenoxy) is 1. The molecule has 0 saturated carbocycles. The lowest BCUT2D eigenvalue weighted by atomic mass is 9.88. The Morgan fingerprint density at radius 2 is 1.95 bits per heavy atom. The molecule has 1 aliphatic carbocycles. The van der Waals surface area contributed by atoms with E-state index >= 15 is 0 Å². The van der Waals surface area contributed by atoms with Gasteiger partial charge in [-0.3, -0.25) is 4.79 Å². The highest BCUT2D eigenvalue weighted by molar-refractivity contribution is 5.70. The average molecular weight is 261 g/mol. The fourth-order valence-electron chi connectivity index (χ4n) is 2.80. The summed E-state index contributed by atoms with van der Waals surface area (Å²) in [5.74, 6) is -0.156. The van der Waals surface area contributed by atoms with Gasteiger partial charge < -0.3 is 9.64 Å². The van der Waals surface area contributed by atoms with Crippen LogP contribution in [0.4, 0.5) is 0 Å². The van der Waals surface area contributed by atoms with Crippen LogP contribution in [0.1, 0.15) is 42.0 Å². The highest BCUT2D eigenvalue weighted by Crippen LogP contribution is 2.28. The number of esters is 1. The summed E-state index contributed by atoms with van der Waals surface area (Å²) in [5.41, 5.74) is 4.15. The molecule has 0 saturated heterocycles. The highest BCUT2D eigenvalue weighted by atomic mass is 16.5. The molecule has 0 aromatic heterocycles.